The van der Waals surface area contributed by atoms with Crippen LogP contribution in [0.3, 0.4) is 0 Å². The minimum absolute atomic E-state index is 0.117. The van der Waals surface area contributed by atoms with E-state index in [1.54, 1.807) is 4.68 Å². The summed E-state index contributed by atoms with van der Waals surface area (Å²) in [5, 5.41) is 8.07. The van der Waals surface area contributed by atoms with Gasteiger partial charge < -0.3 is 10.2 Å². The lowest BCUT2D eigenvalue weighted by Crippen LogP contribution is -2.05. The van der Waals surface area contributed by atoms with Crippen LogP contribution in [0.25, 0.3) is 11.3 Å². The van der Waals surface area contributed by atoms with Crippen LogP contribution >= 0.6 is 15.9 Å². The molecule has 3 rings (SSSR count). The highest BCUT2D eigenvalue weighted by atomic mass is 79.9. The predicted octanol–water partition coefficient (Wildman–Crippen LogP) is 3.37. The first-order valence-electron chi connectivity index (χ1n) is 6.62. The van der Waals surface area contributed by atoms with Crippen molar-refractivity contribution in [3.05, 3.63) is 58.5 Å². The van der Waals surface area contributed by atoms with Gasteiger partial charge in [-0.1, -0.05) is 33.3 Å². The Hall–Kier alpha value is -1.92. The van der Waals surface area contributed by atoms with Crippen LogP contribution in [-0.4, -0.2) is 15.0 Å². The molecule has 2 aromatic heterocycles. The first-order chi connectivity index (χ1) is 10.1. The van der Waals surface area contributed by atoms with Crippen molar-refractivity contribution in [2.75, 3.05) is 0 Å². The van der Waals surface area contributed by atoms with Crippen molar-refractivity contribution >= 4 is 15.9 Å². The van der Waals surface area contributed by atoms with Crippen LogP contribution in [0.2, 0.25) is 0 Å². The lowest BCUT2D eigenvalue weighted by molar-refractivity contribution is 0.485. The Bertz CT molecular complexity index is 730. The number of rotatable bonds is 4. The van der Waals surface area contributed by atoms with Gasteiger partial charge in [-0.05, 0) is 31.2 Å². The summed E-state index contributed by atoms with van der Waals surface area (Å²) in [6, 6.07) is 11.8. The number of aromatic nitrogens is 3. The topological polar surface area (TPSA) is 69.9 Å². The van der Waals surface area contributed by atoms with Gasteiger partial charge in [0.1, 0.15) is 18.1 Å². The number of furan rings is 1. The summed E-state index contributed by atoms with van der Waals surface area (Å²) in [5.41, 5.74) is 7.58. The molecule has 0 fully saturated rings. The van der Waals surface area contributed by atoms with Crippen molar-refractivity contribution in [1.82, 2.24) is 15.0 Å². The highest BCUT2D eigenvalue weighted by Gasteiger charge is 2.08. The second-order valence-corrected chi connectivity index (χ2v) is 5.82. The molecule has 0 amide bonds. The van der Waals surface area contributed by atoms with Crippen LogP contribution in [0.4, 0.5) is 0 Å². The van der Waals surface area contributed by atoms with Crippen LogP contribution in [0.5, 0.6) is 0 Å². The molecule has 1 atom stereocenters. The van der Waals surface area contributed by atoms with Crippen LogP contribution in [0, 0.1) is 0 Å². The summed E-state index contributed by atoms with van der Waals surface area (Å²) < 4.78 is 8.62. The van der Waals surface area contributed by atoms with Crippen LogP contribution in [0.1, 0.15) is 24.4 Å². The van der Waals surface area contributed by atoms with Crippen LogP contribution < -0.4 is 5.73 Å². The highest BCUT2D eigenvalue weighted by molar-refractivity contribution is 9.10. The molecule has 1 aromatic carbocycles. The molecule has 5 nitrogen and oxygen atoms in total. The molecule has 0 saturated carbocycles. The zero-order valence-electron chi connectivity index (χ0n) is 11.5. The van der Waals surface area contributed by atoms with Gasteiger partial charge in [-0.2, -0.15) is 0 Å². The Labute approximate surface area is 130 Å². The van der Waals surface area contributed by atoms with E-state index < -0.39 is 0 Å². The number of nitrogens with two attached hydrogens (primary N) is 1. The number of benzene rings is 1. The Morgan fingerprint density at radius 3 is 2.67 bits per heavy atom. The van der Waals surface area contributed by atoms with Gasteiger partial charge in [-0.15, -0.1) is 5.10 Å². The molecule has 2 N–H and O–H groups in total. The van der Waals surface area contributed by atoms with Gasteiger partial charge in [-0.3, -0.25) is 0 Å². The predicted molar refractivity (Wildman–Crippen MR) is 83.6 cm³/mol. The fraction of sp³-hybridized carbons (Fsp3) is 0.200. The number of hydrogen-bond acceptors (Lipinski definition) is 4. The molecule has 6 heteroatoms. The third-order valence-electron chi connectivity index (χ3n) is 3.13. The van der Waals surface area contributed by atoms with Gasteiger partial charge >= 0.3 is 0 Å². The molecule has 21 heavy (non-hydrogen) atoms. The van der Waals surface area contributed by atoms with Crippen LogP contribution in [0.15, 0.2) is 51.5 Å². The Morgan fingerprint density at radius 2 is 2.00 bits per heavy atom. The van der Waals surface area contributed by atoms with Gasteiger partial charge in [-0.25, -0.2) is 4.68 Å². The zero-order valence-corrected chi connectivity index (χ0v) is 13.1. The molecule has 0 aliphatic rings. The van der Waals surface area contributed by atoms with Crippen molar-refractivity contribution in [2.45, 2.75) is 19.5 Å². The van der Waals surface area contributed by atoms with E-state index in [1.165, 1.54) is 0 Å². The maximum Gasteiger partial charge on any atom is 0.134 e. The summed E-state index contributed by atoms with van der Waals surface area (Å²) >= 11 is 3.42. The maximum absolute atomic E-state index is 5.85. The minimum Gasteiger partial charge on any atom is -0.459 e. The van der Waals surface area contributed by atoms with E-state index in [0.717, 1.165) is 27.3 Å². The van der Waals surface area contributed by atoms with E-state index in [4.69, 9.17) is 10.2 Å². The molecule has 108 valence electrons. The first kappa shape index (κ1) is 14.0. The third kappa shape index (κ3) is 3.22. The van der Waals surface area contributed by atoms with Crippen LogP contribution in [-0.2, 0) is 6.54 Å². The maximum atomic E-state index is 5.85. The SMILES string of the molecule is CC(N)c1cn(Cc2ccc(-c3ccc(Br)cc3)o2)nn1. The van der Waals surface area contributed by atoms with E-state index in [9.17, 15) is 0 Å². The Kier molecular flexibility index (Phi) is 3.90. The molecule has 0 aliphatic heterocycles. The Morgan fingerprint density at radius 1 is 1.24 bits per heavy atom. The lowest BCUT2D eigenvalue weighted by Gasteiger charge is -1.99. The van der Waals surface area contributed by atoms with Gasteiger partial charge in [0.25, 0.3) is 0 Å². The van der Waals surface area contributed by atoms with Crippen molar-refractivity contribution in [1.29, 1.82) is 0 Å². The largest absolute Gasteiger partial charge is 0.459 e. The molecule has 3 aromatic rings. The summed E-state index contributed by atoms with van der Waals surface area (Å²) in [5.74, 6) is 1.67. The van der Waals surface area contributed by atoms with Crippen molar-refractivity contribution in [3.8, 4) is 11.3 Å². The second kappa shape index (κ2) is 5.83. The standard InChI is InChI=1S/C15H15BrN4O/c1-10(17)14-9-20(19-18-14)8-13-6-7-15(21-13)11-2-4-12(16)5-3-11/h2-7,9-10H,8,17H2,1H3. The van der Waals surface area contributed by atoms with E-state index in [0.29, 0.717) is 6.54 Å². The Balaban J connectivity index is 1.76. The average Bonchev–Trinajstić information content (AvgIpc) is 3.10. The van der Waals surface area contributed by atoms with E-state index >= 15 is 0 Å². The normalized spacial score (nSPS) is 12.5. The molecule has 1 unspecified atom stereocenters. The molecule has 0 bridgehead atoms. The second-order valence-electron chi connectivity index (χ2n) is 4.90. The quantitative estimate of drug-likeness (QED) is 0.786. The summed E-state index contributed by atoms with van der Waals surface area (Å²) in [7, 11) is 0. The smallest absolute Gasteiger partial charge is 0.134 e. The summed E-state index contributed by atoms with van der Waals surface area (Å²) in [6.07, 6.45) is 1.84. The average molecular weight is 347 g/mol. The number of nitrogens with zero attached hydrogens (tertiary/aromatic N) is 3. The molecular formula is C15H15BrN4O. The van der Waals surface area contributed by atoms with Gasteiger partial charge in [0.2, 0.25) is 0 Å². The number of hydrogen-bond donors (Lipinski definition) is 1. The van der Waals surface area contributed by atoms with Gasteiger partial charge in [0, 0.05) is 16.1 Å². The fourth-order valence-electron chi connectivity index (χ4n) is 1.99. The first-order valence-corrected chi connectivity index (χ1v) is 7.41. The van der Waals surface area contributed by atoms with Gasteiger partial charge in [0.15, 0.2) is 0 Å². The number of halogens is 1. The van der Waals surface area contributed by atoms with E-state index in [-0.39, 0.29) is 6.04 Å². The van der Waals surface area contributed by atoms with Crippen molar-refractivity contribution in [3.63, 3.8) is 0 Å². The minimum atomic E-state index is -0.117. The third-order valence-corrected chi connectivity index (χ3v) is 3.66. The zero-order chi connectivity index (χ0) is 14.8. The molecule has 0 saturated heterocycles. The van der Waals surface area contributed by atoms with Gasteiger partial charge in [0.05, 0.1) is 11.9 Å². The van der Waals surface area contributed by atoms with E-state index in [1.807, 2.05) is 49.5 Å². The molecule has 0 spiro atoms. The summed E-state index contributed by atoms with van der Waals surface area (Å²) in [6.45, 7) is 2.42. The molecular weight excluding hydrogens is 332 g/mol. The molecule has 0 radical (unpaired) electrons. The van der Waals surface area contributed by atoms with Crippen molar-refractivity contribution < 1.29 is 4.42 Å². The monoisotopic (exact) mass is 346 g/mol. The molecule has 2 heterocycles. The van der Waals surface area contributed by atoms with Crippen molar-refractivity contribution in [2.24, 2.45) is 5.73 Å². The molecule has 0 aliphatic carbocycles. The highest BCUT2D eigenvalue weighted by Crippen LogP contribution is 2.24. The lowest BCUT2D eigenvalue weighted by atomic mass is 10.2. The van der Waals surface area contributed by atoms with E-state index in [2.05, 4.69) is 26.2 Å². The summed E-state index contributed by atoms with van der Waals surface area (Å²) in [4.78, 5) is 0. The fourth-order valence-corrected chi connectivity index (χ4v) is 2.26.